The van der Waals surface area contributed by atoms with Crippen LogP contribution >= 0.6 is 0 Å². The summed E-state index contributed by atoms with van der Waals surface area (Å²) in [5.41, 5.74) is 6.06. The minimum absolute atomic E-state index is 0.0171. The second kappa shape index (κ2) is 15.2. The molecule has 1 unspecified atom stereocenters. The molecule has 0 aliphatic carbocycles. The number of hydrogen-bond donors (Lipinski definition) is 3. The minimum atomic E-state index is -1.16. The number of rotatable bonds is 12. The van der Waals surface area contributed by atoms with Crippen LogP contribution < -0.4 is 19.3 Å². The van der Waals surface area contributed by atoms with Crippen molar-refractivity contribution in [2.24, 2.45) is 0 Å². The van der Waals surface area contributed by atoms with E-state index in [-0.39, 0.29) is 30.1 Å². The summed E-state index contributed by atoms with van der Waals surface area (Å²) in [6, 6.07) is 39.7. The van der Waals surface area contributed by atoms with E-state index in [1.54, 1.807) is 72.8 Å². The summed E-state index contributed by atoms with van der Waals surface area (Å²) in [5, 5.41) is 29.5. The van der Waals surface area contributed by atoms with E-state index in [0.717, 1.165) is 27.2 Å². The number of anilines is 2. The van der Waals surface area contributed by atoms with Gasteiger partial charge in [0.2, 0.25) is 0 Å². The molecule has 2 aliphatic heterocycles. The Kier molecular flexibility index (Phi) is 9.93. The number of carbonyl (C=O) groups is 3. The zero-order valence-electron chi connectivity index (χ0n) is 31.4. The van der Waals surface area contributed by atoms with Gasteiger partial charge in [0.05, 0.1) is 16.8 Å². The Hall–Kier alpha value is -6.59. The van der Waals surface area contributed by atoms with Gasteiger partial charge in [-0.3, -0.25) is 19.3 Å². The van der Waals surface area contributed by atoms with Gasteiger partial charge in [-0.05, 0) is 120 Å². The van der Waals surface area contributed by atoms with Crippen LogP contribution in [0.2, 0.25) is 0 Å². The number of amides is 3. The molecule has 286 valence electrons. The van der Waals surface area contributed by atoms with Crippen molar-refractivity contribution in [3.8, 4) is 23.0 Å². The van der Waals surface area contributed by atoms with Gasteiger partial charge in [-0.25, -0.2) is 4.90 Å². The van der Waals surface area contributed by atoms with Crippen LogP contribution in [0.4, 0.5) is 11.4 Å². The van der Waals surface area contributed by atoms with Gasteiger partial charge in [0, 0.05) is 35.4 Å². The van der Waals surface area contributed by atoms with Gasteiger partial charge >= 0.3 is 0 Å². The highest BCUT2D eigenvalue weighted by atomic mass is 16.5. The van der Waals surface area contributed by atoms with Crippen molar-refractivity contribution < 1.29 is 39.2 Å². The standard InChI is InChI=1S/C47H40N2O8/c1-47(2,31-7-15-35(16-8-31)56-37-19-21-39-41(27-37)45(54)48(43(39)52)33-11-3-29(4-12-33)23-25-50)32-9-17-36(18-10-32)57-38-20-22-40-42(28-38)46(55)49(44(40)53)34-13-5-30(6-14-34)24-26-51/h3-22,27-28,45,50-51,54H,23-26H2,1-2H3. The summed E-state index contributed by atoms with van der Waals surface area (Å²) in [6.45, 7) is 4.30. The number of fused-ring (bicyclic) bond motifs is 2. The van der Waals surface area contributed by atoms with E-state index in [2.05, 4.69) is 13.8 Å². The van der Waals surface area contributed by atoms with Crippen LogP contribution in [0.15, 0.2) is 133 Å². The lowest BCUT2D eigenvalue weighted by atomic mass is 9.78. The van der Waals surface area contributed by atoms with Crippen LogP contribution in [-0.2, 0) is 18.3 Å². The summed E-state index contributed by atoms with van der Waals surface area (Å²) in [6.07, 6.45) is -0.160. The summed E-state index contributed by atoms with van der Waals surface area (Å²) in [5.74, 6) is 0.987. The predicted octanol–water partition coefficient (Wildman–Crippen LogP) is 8.12. The van der Waals surface area contributed by atoms with E-state index >= 15 is 0 Å². The van der Waals surface area contributed by atoms with Crippen LogP contribution in [0, 0.1) is 0 Å². The fourth-order valence-corrected chi connectivity index (χ4v) is 7.38. The fourth-order valence-electron chi connectivity index (χ4n) is 7.38. The Bertz CT molecular complexity index is 2480. The van der Waals surface area contributed by atoms with E-state index in [4.69, 9.17) is 9.47 Å². The molecule has 0 spiro atoms. The Morgan fingerprint density at radius 1 is 0.526 bits per heavy atom. The van der Waals surface area contributed by atoms with E-state index in [0.29, 0.717) is 63.9 Å². The highest BCUT2D eigenvalue weighted by Crippen LogP contribution is 2.40. The lowest BCUT2D eigenvalue weighted by Crippen LogP contribution is -2.29. The maximum atomic E-state index is 13.3. The quantitative estimate of drug-likeness (QED) is 0.107. The highest BCUT2D eigenvalue weighted by molar-refractivity contribution is 6.34. The molecule has 6 aromatic carbocycles. The van der Waals surface area contributed by atoms with Crippen molar-refractivity contribution in [1.82, 2.24) is 0 Å². The van der Waals surface area contributed by atoms with Crippen LogP contribution in [0.3, 0.4) is 0 Å². The average molecular weight is 761 g/mol. The Balaban J connectivity index is 0.915. The van der Waals surface area contributed by atoms with Crippen molar-refractivity contribution in [2.75, 3.05) is 23.0 Å². The summed E-state index contributed by atoms with van der Waals surface area (Å²) in [7, 11) is 0. The first-order chi connectivity index (χ1) is 27.5. The summed E-state index contributed by atoms with van der Waals surface area (Å²) in [4.78, 5) is 42.2. The third-order valence-electron chi connectivity index (χ3n) is 10.7. The van der Waals surface area contributed by atoms with E-state index < -0.39 is 18.0 Å². The van der Waals surface area contributed by atoms with E-state index in [1.165, 1.54) is 4.90 Å². The third kappa shape index (κ3) is 7.06. The van der Waals surface area contributed by atoms with Gasteiger partial charge in [0.15, 0.2) is 6.23 Å². The van der Waals surface area contributed by atoms with Crippen LogP contribution in [0.5, 0.6) is 23.0 Å². The van der Waals surface area contributed by atoms with E-state index in [9.17, 15) is 29.7 Å². The van der Waals surface area contributed by atoms with Crippen molar-refractivity contribution in [3.05, 3.63) is 178 Å². The molecule has 1 atom stereocenters. The number of carbonyl (C=O) groups excluding carboxylic acids is 3. The largest absolute Gasteiger partial charge is 0.457 e. The monoisotopic (exact) mass is 760 g/mol. The van der Waals surface area contributed by atoms with Gasteiger partial charge in [-0.2, -0.15) is 0 Å². The lowest BCUT2D eigenvalue weighted by Gasteiger charge is -2.26. The lowest BCUT2D eigenvalue weighted by molar-refractivity contribution is 0.0917. The molecule has 57 heavy (non-hydrogen) atoms. The maximum Gasteiger partial charge on any atom is 0.266 e. The first kappa shape index (κ1) is 37.3. The second-order valence-electron chi connectivity index (χ2n) is 14.6. The number of hydrogen-bond acceptors (Lipinski definition) is 8. The van der Waals surface area contributed by atoms with Gasteiger partial charge in [0.1, 0.15) is 23.0 Å². The molecule has 0 bridgehead atoms. The molecule has 3 N–H and O–H groups in total. The molecule has 0 aromatic heterocycles. The Morgan fingerprint density at radius 2 is 0.982 bits per heavy atom. The van der Waals surface area contributed by atoms with Gasteiger partial charge in [0.25, 0.3) is 17.7 Å². The number of benzene rings is 6. The molecule has 10 nitrogen and oxygen atoms in total. The zero-order chi connectivity index (χ0) is 39.8. The Labute approximate surface area is 329 Å². The number of imide groups is 1. The normalized spacial score (nSPS) is 14.9. The van der Waals surface area contributed by atoms with Crippen LogP contribution in [0.25, 0.3) is 0 Å². The first-order valence-electron chi connectivity index (χ1n) is 18.7. The van der Waals surface area contributed by atoms with Crippen LogP contribution in [-0.4, -0.2) is 46.3 Å². The first-order valence-corrected chi connectivity index (χ1v) is 18.7. The molecule has 8 rings (SSSR count). The molecule has 10 heteroatoms. The minimum Gasteiger partial charge on any atom is -0.457 e. The topological polar surface area (TPSA) is 137 Å². The predicted molar refractivity (Wildman–Crippen MR) is 215 cm³/mol. The zero-order valence-corrected chi connectivity index (χ0v) is 31.4. The van der Waals surface area contributed by atoms with Gasteiger partial charge < -0.3 is 24.8 Å². The average Bonchev–Trinajstić information content (AvgIpc) is 3.62. The number of nitrogens with zero attached hydrogens (tertiary/aromatic N) is 2. The van der Waals surface area contributed by atoms with Gasteiger partial charge in [-0.15, -0.1) is 0 Å². The molecule has 0 saturated heterocycles. The number of ether oxygens (including phenoxy) is 2. The molecule has 6 aromatic rings. The van der Waals surface area contributed by atoms with Crippen molar-refractivity contribution >= 4 is 29.1 Å². The van der Waals surface area contributed by atoms with Crippen molar-refractivity contribution in [3.63, 3.8) is 0 Å². The van der Waals surface area contributed by atoms with Crippen LogP contribution in [0.1, 0.15) is 79.0 Å². The molecular weight excluding hydrogens is 721 g/mol. The molecule has 2 aliphatic rings. The molecule has 0 radical (unpaired) electrons. The molecular formula is C47H40N2O8. The summed E-state index contributed by atoms with van der Waals surface area (Å²) < 4.78 is 12.3. The van der Waals surface area contributed by atoms with Crippen molar-refractivity contribution in [2.45, 2.75) is 38.3 Å². The van der Waals surface area contributed by atoms with E-state index in [1.807, 2.05) is 60.7 Å². The highest BCUT2D eigenvalue weighted by Gasteiger charge is 2.38. The maximum absolute atomic E-state index is 13.3. The third-order valence-corrected chi connectivity index (χ3v) is 10.7. The molecule has 0 fully saturated rings. The number of aliphatic hydroxyl groups excluding tert-OH is 3. The Morgan fingerprint density at radius 3 is 1.51 bits per heavy atom. The number of aliphatic hydroxyl groups is 3. The summed E-state index contributed by atoms with van der Waals surface area (Å²) >= 11 is 0. The molecule has 0 saturated carbocycles. The SMILES string of the molecule is CC(C)(c1ccc(Oc2ccc3c(c2)C(=O)N(c2ccc(CCO)cc2)C3=O)cc1)c1ccc(Oc2ccc3c(c2)C(O)N(c2ccc(CCO)cc2)C3=O)cc1. The van der Waals surface area contributed by atoms with Gasteiger partial charge in [-0.1, -0.05) is 62.4 Å². The molecule has 3 amide bonds. The second-order valence-corrected chi connectivity index (χ2v) is 14.6. The molecule has 2 heterocycles. The van der Waals surface area contributed by atoms with Crippen molar-refractivity contribution in [1.29, 1.82) is 0 Å². The fraction of sp³-hybridized carbons (Fsp3) is 0.170. The smallest absolute Gasteiger partial charge is 0.266 e.